The first-order valence-electron chi connectivity index (χ1n) is 8.49. The number of ether oxygens (including phenoxy) is 2. The Labute approximate surface area is 167 Å². The summed E-state index contributed by atoms with van der Waals surface area (Å²) in [5, 5.41) is 11.1. The smallest absolute Gasteiger partial charge is 0.237 e. The molecule has 0 saturated carbocycles. The van der Waals surface area contributed by atoms with Crippen LogP contribution in [0.15, 0.2) is 53.7 Å². The quantitative estimate of drug-likeness (QED) is 0.465. The molecule has 0 fully saturated rings. The minimum absolute atomic E-state index is 0.191. The van der Waals surface area contributed by atoms with Crippen molar-refractivity contribution in [3.05, 3.63) is 48.5 Å². The third-order valence-corrected chi connectivity index (χ3v) is 5.09. The van der Waals surface area contributed by atoms with Gasteiger partial charge < -0.3 is 20.6 Å². The molecule has 3 N–H and O–H groups in total. The maximum Gasteiger partial charge on any atom is 0.237 e. The number of methoxy groups -OCH3 is 2. The third kappa shape index (κ3) is 4.20. The van der Waals surface area contributed by atoms with E-state index in [1.807, 2.05) is 36.4 Å². The maximum atomic E-state index is 12.5. The zero-order chi connectivity index (χ0) is 20.1. The zero-order valence-electron chi connectivity index (χ0n) is 15.7. The fourth-order valence-electron chi connectivity index (χ4n) is 2.49. The van der Waals surface area contributed by atoms with Crippen LogP contribution in [0.2, 0.25) is 0 Å². The molecular formula is C19H21N5O3S. The number of anilines is 1. The van der Waals surface area contributed by atoms with E-state index in [1.165, 1.54) is 16.4 Å². The van der Waals surface area contributed by atoms with Crippen molar-refractivity contribution in [2.45, 2.75) is 17.3 Å². The average molecular weight is 399 g/mol. The summed E-state index contributed by atoms with van der Waals surface area (Å²) in [5.41, 5.74) is 1.41. The first kappa shape index (κ1) is 19.6. The number of nitrogen functional groups attached to an aromatic ring is 1. The monoisotopic (exact) mass is 399 g/mol. The summed E-state index contributed by atoms with van der Waals surface area (Å²) in [6, 6.07) is 14.6. The number of carbonyl (C=O) groups is 1. The second kappa shape index (κ2) is 8.66. The van der Waals surface area contributed by atoms with Gasteiger partial charge in [-0.1, -0.05) is 23.9 Å². The molecule has 0 aliphatic rings. The van der Waals surface area contributed by atoms with Crippen LogP contribution in [0.1, 0.15) is 6.92 Å². The summed E-state index contributed by atoms with van der Waals surface area (Å²) in [6.45, 7) is 1.77. The number of benzene rings is 2. The SMILES string of the molecule is COc1ccc(-c2nnc(S[C@@H](C)C(=O)Nc3ccccc3OC)n2N)cc1. The van der Waals surface area contributed by atoms with Crippen molar-refractivity contribution in [2.24, 2.45) is 0 Å². The van der Waals surface area contributed by atoms with Crippen LogP contribution in [0.5, 0.6) is 11.5 Å². The Balaban J connectivity index is 1.71. The number of nitrogens with two attached hydrogens (primary N) is 1. The Kier molecular flexibility index (Phi) is 6.05. The van der Waals surface area contributed by atoms with Crippen molar-refractivity contribution >= 4 is 23.4 Å². The van der Waals surface area contributed by atoms with Gasteiger partial charge in [0.1, 0.15) is 11.5 Å². The van der Waals surface area contributed by atoms with Crippen LogP contribution in [0, 0.1) is 0 Å². The molecule has 1 heterocycles. The number of aromatic nitrogens is 3. The highest BCUT2D eigenvalue weighted by Gasteiger charge is 2.21. The van der Waals surface area contributed by atoms with E-state index in [4.69, 9.17) is 15.3 Å². The summed E-state index contributed by atoms with van der Waals surface area (Å²) < 4.78 is 11.8. The minimum atomic E-state index is -0.444. The van der Waals surface area contributed by atoms with E-state index in [-0.39, 0.29) is 5.91 Å². The fraction of sp³-hybridized carbons (Fsp3) is 0.211. The molecule has 0 aliphatic carbocycles. The average Bonchev–Trinajstić information content (AvgIpc) is 3.08. The van der Waals surface area contributed by atoms with Crippen molar-refractivity contribution < 1.29 is 14.3 Å². The van der Waals surface area contributed by atoms with Gasteiger partial charge >= 0.3 is 0 Å². The number of rotatable bonds is 7. The van der Waals surface area contributed by atoms with Crippen LogP contribution in [0.4, 0.5) is 5.69 Å². The Morgan fingerprint density at radius 2 is 1.82 bits per heavy atom. The van der Waals surface area contributed by atoms with Gasteiger partial charge in [-0.25, -0.2) is 4.68 Å². The van der Waals surface area contributed by atoms with Crippen molar-refractivity contribution in [2.75, 3.05) is 25.4 Å². The molecular weight excluding hydrogens is 378 g/mol. The minimum Gasteiger partial charge on any atom is -0.497 e. The van der Waals surface area contributed by atoms with Crippen LogP contribution in [-0.4, -0.2) is 40.3 Å². The molecule has 146 valence electrons. The molecule has 28 heavy (non-hydrogen) atoms. The van der Waals surface area contributed by atoms with Crippen LogP contribution >= 0.6 is 11.8 Å². The summed E-state index contributed by atoms with van der Waals surface area (Å²) in [5.74, 6) is 7.78. The largest absolute Gasteiger partial charge is 0.497 e. The summed E-state index contributed by atoms with van der Waals surface area (Å²) >= 11 is 1.22. The van der Waals surface area contributed by atoms with Crippen LogP contribution in [0.25, 0.3) is 11.4 Å². The van der Waals surface area contributed by atoms with Crippen molar-refractivity contribution in [1.29, 1.82) is 0 Å². The van der Waals surface area contributed by atoms with Crippen LogP contribution < -0.4 is 20.6 Å². The van der Waals surface area contributed by atoms with Gasteiger partial charge in [0.05, 0.1) is 25.2 Å². The first-order valence-corrected chi connectivity index (χ1v) is 9.37. The highest BCUT2D eigenvalue weighted by atomic mass is 32.2. The Morgan fingerprint density at radius 3 is 2.50 bits per heavy atom. The Hall–Kier alpha value is -3.20. The zero-order valence-corrected chi connectivity index (χ0v) is 16.6. The lowest BCUT2D eigenvalue weighted by atomic mass is 10.2. The molecule has 0 aliphatic heterocycles. The first-order chi connectivity index (χ1) is 13.5. The summed E-state index contributed by atoms with van der Waals surface area (Å²) in [4.78, 5) is 12.5. The highest BCUT2D eigenvalue weighted by molar-refractivity contribution is 8.00. The van der Waals surface area contributed by atoms with Crippen molar-refractivity contribution in [1.82, 2.24) is 14.9 Å². The van der Waals surface area contributed by atoms with E-state index in [1.54, 1.807) is 33.3 Å². The van der Waals surface area contributed by atoms with E-state index < -0.39 is 5.25 Å². The van der Waals surface area contributed by atoms with Gasteiger partial charge in [-0.15, -0.1) is 10.2 Å². The molecule has 0 bridgehead atoms. The molecule has 3 aromatic rings. The lowest BCUT2D eigenvalue weighted by molar-refractivity contribution is -0.115. The Bertz CT molecular complexity index is 958. The predicted molar refractivity (Wildman–Crippen MR) is 109 cm³/mol. The molecule has 2 aromatic carbocycles. The van der Waals surface area contributed by atoms with Gasteiger partial charge in [-0.3, -0.25) is 4.79 Å². The molecule has 9 heteroatoms. The number of hydrogen-bond donors (Lipinski definition) is 2. The van der Waals surface area contributed by atoms with Gasteiger partial charge in [-0.05, 0) is 43.3 Å². The molecule has 3 rings (SSSR count). The van der Waals surface area contributed by atoms with Gasteiger partial charge in [0.15, 0.2) is 5.82 Å². The van der Waals surface area contributed by atoms with Gasteiger partial charge in [0.25, 0.3) is 0 Å². The number of nitrogens with one attached hydrogen (secondary N) is 1. The summed E-state index contributed by atoms with van der Waals surface area (Å²) in [6.07, 6.45) is 0. The third-order valence-electron chi connectivity index (χ3n) is 4.03. The number of thioether (sulfide) groups is 1. The van der Waals surface area contributed by atoms with Crippen LogP contribution in [-0.2, 0) is 4.79 Å². The molecule has 0 unspecified atom stereocenters. The lowest BCUT2D eigenvalue weighted by Crippen LogP contribution is -2.24. The molecule has 0 radical (unpaired) electrons. The van der Waals surface area contributed by atoms with E-state index in [9.17, 15) is 4.79 Å². The summed E-state index contributed by atoms with van der Waals surface area (Å²) in [7, 11) is 3.16. The van der Waals surface area contributed by atoms with E-state index in [0.29, 0.717) is 22.4 Å². The Morgan fingerprint density at radius 1 is 1.11 bits per heavy atom. The second-order valence-electron chi connectivity index (χ2n) is 5.85. The number of para-hydroxylation sites is 2. The highest BCUT2D eigenvalue weighted by Crippen LogP contribution is 2.28. The lowest BCUT2D eigenvalue weighted by Gasteiger charge is -2.13. The van der Waals surface area contributed by atoms with Gasteiger partial charge in [-0.2, -0.15) is 0 Å². The van der Waals surface area contributed by atoms with Gasteiger partial charge in [0.2, 0.25) is 11.1 Å². The number of nitrogens with zero attached hydrogens (tertiary/aromatic N) is 3. The molecule has 1 atom stereocenters. The van der Waals surface area contributed by atoms with Crippen molar-refractivity contribution in [3.8, 4) is 22.9 Å². The van der Waals surface area contributed by atoms with E-state index in [0.717, 1.165) is 11.3 Å². The van der Waals surface area contributed by atoms with E-state index >= 15 is 0 Å². The molecule has 1 amide bonds. The fourth-order valence-corrected chi connectivity index (χ4v) is 3.26. The second-order valence-corrected chi connectivity index (χ2v) is 7.16. The van der Waals surface area contributed by atoms with E-state index in [2.05, 4.69) is 15.5 Å². The molecule has 8 nitrogen and oxygen atoms in total. The maximum absolute atomic E-state index is 12.5. The normalized spacial score (nSPS) is 11.7. The molecule has 0 spiro atoms. The van der Waals surface area contributed by atoms with Gasteiger partial charge in [0, 0.05) is 5.56 Å². The number of carbonyl (C=O) groups excluding carboxylic acids is 1. The standard InChI is InChI=1S/C19H21N5O3S/c1-12(18(25)21-15-6-4-5-7-16(15)27-3)28-19-23-22-17(24(19)20)13-8-10-14(26-2)11-9-13/h4-12H,20H2,1-3H3,(H,21,25)/t12-/m0/s1. The molecule has 1 aromatic heterocycles. The van der Waals surface area contributed by atoms with Crippen LogP contribution in [0.3, 0.4) is 0 Å². The topological polar surface area (TPSA) is 104 Å². The number of hydrogen-bond acceptors (Lipinski definition) is 7. The molecule has 0 saturated heterocycles. The predicted octanol–water partition coefficient (Wildman–Crippen LogP) is 2.80. The number of amides is 1. The van der Waals surface area contributed by atoms with Crippen molar-refractivity contribution in [3.63, 3.8) is 0 Å².